The summed E-state index contributed by atoms with van der Waals surface area (Å²) >= 11 is 1.49. The van der Waals surface area contributed by atoms with E-state index in [1.165, 1.54) is 40.3 Å². The number of anilines is 1. The summed E-state index contributed by atoms with van der Waals surface area (Å²) in [5.74, 6) is 0.183. The van der Waals surface area contributed by atoms with Crippen molar-refractivity contribution >= 4 is 28.7 Å². The van der Waals surface area contributed by atoms with E-state index in [-0.39, 0.29) is 29.5 Å². The molecule has 11 heteroatoms. The molecule has 1 amide bonds. The summed E-state index contributed by atoms with van der Waals surface area (Å²) in [6.07, 6.45) is 0.00832. The van der Waals surface area contributed by atoms with Gasteiger partial charge >= 0.3 is 0 Å². The number of nitro groups is 1. The first-order valence-electron chi connectivity index (χ1n) is 9.57. The van der Waals surface area contributed by atoms with E-state index in [1.54, 1.807) is 19.9 Å². The van der Waals surface area contributed by atoms with Crippen LogP contribution in [0.2, 0.25) is 0 Å². The molecule has 4 aromatic rings. The van der Waals surface area contributed by atoms with Crippen molar-refractivity contribution in [1.29, 1.82) is 0 Å². The molecule has 162 valence electrons. The third-order valence-corrected chi connectivity index (χ3v) is 5.74. The molecule has 10 nitrogen and oxygen atoms in total. The van der Waals surface area contributed by atoms with Crippen molar-refractivity contribution in [3.63, 3.8) is 0 Å². The summed E-state index contributed by atoms with van der Waals surface area (Å²) in [6.45, 7) is 3.41. The molecule has 32 heavy (non-hydrogen) atoms. The highest BCUT2D eigenvalue weighted by atomic mass is 32.1. The van der Waals surface area contributed by atoms with Gasteiger partial charge in [0.25, 0.3) is 11.2 Å². The van der Waals surface area contributed by atoms with Crippen LogP contribution in [0.5, 0.6) is 0 Å². The van der Waals surface area contributed by atoms with Crippen LogP contribution in [0.1, 0.15) is 16.8 Å². The predicted molar refractivity (Wildman–Crippen MR) is 120 cm³/mol. The molecule has 1 aromatic carbocycles. The minimum absolute atomic E-state index is 0.00832. The SMILES string of the molecule is Cc1nc(-n2nc(-c3cccs3)cc2NC(=O)Cc2ccc([N+](=O)[O-])cc2)[nH]c(=O)c1C. The van der Waals surface area contributed by atoms with Crippen molar-refractivity contribution in [1.82, 2.24) is 19.7 Å². The Balaban J connectivity index is 1.65. The summed E-state index contributed by atoms with van der Waals surface area (Å²) in [5, 5.41) is 20.0. The summed E-state index contributed by atoms with van der Waals surface area (Å²) in [7, 11) is 0. The lowest BCUT2D eigenvalue weighted by atomic mass is 10.1. The lowest BCUT2D eigenvalue weighted by Gasteiger charge is -2.09. The predicted octanol–water partition coefficient (Wildman–Crippen LogP) is 3.39. The molecule has 3 heterocycles. The van der Waals surface area contributed by atoms with Crippen molar-refractivity contribution in [2.75, 3.05) is 5.32 Å². The molecule has 0 bridgehead atoms. The second-order valence-electron chi connectivity index (χ2n) is 7.05. The van der Waals surface area contributed by atoms with Crippen LogP contribution in [0.3, 0.4) is 0 Å². The molecular weight excluding hydrogens is 432 g/mol. The number of benzene rings is 1. The molecule has 0 aliphatic rings. The van der Waals surface area contributed by atoms with Crippen molar-refractivity contribution < 1.29 is 9.72 Å². The Morgan fingerprint density at radius 1 is 1.25 bits per heavy atom. The van der Waals surface area contributed by atoms with Gasteiger partial charge in [0.2, 0.25) is 11.9 Å². The number of hydrogen-bond donors (Lipinski definition) is 2. The molecule has 0 saturated carbocycles. The fourth-order valence-electron chi connectivity index (χ4n) is 3.01. The van der Waals surface area contributed by atoms with E-state index in [9.17, 15) is 19.7 Å². The normalized spacial score (nSPS) is 10.8. The maximum absolute atomic E-state index is 12.7. The van der Waals surface area contributed by atoms with Gasteiger partial charge in [-0.1, -0.05) is 18.2 Å². The summed E-state index contributed by atoms with van der Waals surface area (Å²) in [5.41, 5.74) is 1.96. The Morgan fingerprint density at radius 3 is 2.62 bits per heavy atom. The van der Waals surface area contributed by atoms with Gasteiger partial charge in [0.05, 0.1) is 16.2 Å². The number of amides is 1. The van der Waals surface area contributed by atoms with E-state index in [2.05, 4.69) is 20.4 Å². The van der Waals surface area contributed by atoms with Crippen LogP contribution in [0.15, 0.2) is 52.6 Å². The molecule has 0 aliphatic carbocycles. The minimum Gasteiger partial charge on any atom is -0.310 e. The largest absolute Gasteiger partial charge is 0.310 e. The molecule has 0 aliphatic heterocycles. The van der Waals surface area contributed by atoms with Crippen LogP contribution in [-0.4, -0.2) is 30.6 Å². The van der Waals surface area contributed by atoms with Crippen molar-refractivity contribution in [3.05, 3.63) is 85.1 Å². The Morgan fingerprint density at radius 2 is 2.00 bits per heavy atom. The van der Waals surface area contributed by atoms with Crippen LogP contribution in [-0.2, 0) is 11.2 Å². The average molecular weight is 450 g/mol. The number of nitrogens with one attached hydrogen (secondary N) is 2. The fourth-order valence-corrected chi connectivity index (χ4v) is 3.70. The first-order chi connectivity index (χ1) is 15.3. The number of aromatic nitrogens is 4. The lowest BCUT2D eigenvalue weighted by molar-refractivity contribution is -0.384. The van der Waals surface area contributed by atoms with Crippen LogP contribution in [0.4, 0.5) is 11.5 Å². The van der Waals surface area contributed by atoms with E-state index in [0.29, 0.717) is 28.3 Å². The number of non-ortho nitro benzene ring substituents is 1. The second-order valence-corrected chi connectivity index (χ2v) is 8.00. The van der Waals surface area contributed by atoms with Gasteiger partial charge in [-0.15, -0.1) is 11.3 Å². The molecule has 4 rings (SSSR count). The number of rotatable bonds is 6. The molecule has 0 atom stereocenters. The number of aromatic amines is 1. The highest BCUT2D eigenvalue weighted by molar-refractivity contribution is 7.13. The third kappa shape index (κ3) is 4.32. The van der Waals surface area contributed by atoms with Crippen molar-refractivity contribution in [3.8, 4) is 16.5 Å². The fraction of sp³-hybridized carbons (Fsp3) is 0.143. The number of thiophene rings is 1. The Hall–Kier alpha value is -4.12. The number of hydrogen-bond acceptors (Lipinski definition) is 7. The zero-order chi connectivity index (χ0) is 22.8. The Bertz CT molecular complexity index is 1360. The van der Waals surface area contributed by atoms with Crippen LogP contribution < -0.4 is 10.9 Å². The Kier molecular flexibility index (Phi) is 5.65. The highest BCUT2D eigenvalue weighted by Gasteiger charge is 2.17. The standard InChI is InChI=1S/C21H18N6O4S/c1-12-13(2)22-21(24-20(12)29)26-18(11-16(25-26)17-4-3-9-32-17)23-19(28)10-14-5-7-15(8-6-14)27(30)31/h3-9,11H,10H2,1-2H3,(H,23,28)(H,22,24,29). The maximum Gasteiger partial charge on any atom is 0.269 e. The van der Waals surface area contributed by atoms with Gasteiger partial charge in [-0.25, -0.2) is 4.98 Å². The molecule has 2 N–H and O–H groups in total. The summed E-state index contributed by atoms with van der Waals surface area (Å²) in [4.78, 5) is 43.2. The first kappa shape index (κ1) is 21.1. The quantitative estimate of drug-likeness (QED) is 0.341. The number of nitrogens with zero attached hydrogens (tertiary/aromatic N) is 4. The summed E-state index contributed by atoms with van der Waals surface area (Å²) in [6, 6.07) is 11.3. The average Bonchev–Trinajstić information content (AvgIpc) is 3.42. The van der Waals surface area contributed by atoms with Crippen LogP contribution >= 0.6 is 11.3 Å². The van der Waals surface area contributed by atoms with E-state index in [0.717, 1.165) is 4.88 Å². The van der Waals surface area contributed by atoms with Crippen molar-refractivity contribution in [2.45, 2.75) is 20.3 Å². The van der Waals surface area contributed by atoms with Gasteiger partial charge in [-0.05, 0) is 30.9 Å². The molecule has 0 unspecified atom stereocenters. The van der Waals surface area contributed by atoms with E-state index in [4.69, 9.17) is 0 Å². The topological polar surface area (TPSA) is 136 Å². The van der Waals surface area contributed by atoms with Gasteiger partial charge < -0.3 is 5.32 Å². The highest BCUT2D eigenvalue weighted by Crippen LogP contribution is 2.27. The van der Waals surface area contributed by atoms with Gasteiger partial charge in [0.15, 0.2) is 0 Å². The summed E-state index contributed by atoms with van der Waals surface area (Å²) < 4.78 is 1.39. The number of aryl methyl sites for hydroxylation is 1. The number of carbonyl (C=O) groups is 1. The first-order valence-corrected chi connectivity index (χ1v) is 10.4. The third-order valence-electron chi connectivity index (χ3n) is 4.85. The zero-order valence-electron chi connectivity index (χ0n) is 17.2. The monoisotopic (exact) mass is 450 g/mol. The maximum atomic E-state index is 12.7. The minimum atomic E-state index is -0.494. The second kappa shape index (κ2) is 8.55. The number of H-pyrrole nitrogens is 1. The van der Waals surface area contributed by atoms with Crippen molar-refractivity contribution in [2.24, 2.45) is 0 Å². The van der Waals surface area contributed by atoms with Crippen LogP contribution in [0.25, 0.3) is 16.5 Å². The molecule has 0 spiro atoms. The zero-order valence-corrected chi connectivity index (χ0v) is 18.0. The van der Waals surface area contributed by atoms with Gasteiger partial charge in [0.1, 0.15) is 11.5 Å². The number of carbonyl (C=O) groups excluding carboxylic acids is 1. The van der Waals surface area contributed by atoms with Crippen LogP contribution in [0, 0.1) is 24.0 Å². The van der Waals surface area contributed by atoms with E-state index < -0.39 is 4.92 Å². The molecule has 3 aromatic heterocycles. The Labute approximate surface area is 185 Å². The smallest absolute Gasteiger partial charge is 0.269 e. The van der Waals surface area contributed by atoms with E-state index >= 15 is 0 Å². The lowest BCUT2D eigenvalue weighted by Crippen LogP contribution is -2.21. The van der Waals surface area contributed by atoms with E-state index in [1.807, 2.05) is 17.5 Å². The molecule has 0 radical (unpaired) electrons. The number of nitro benzene ring substituents is 1. The van der Waals surface area contributed by atoms with Gasteiger partial charge in [-0.3, -0.25) is 24.7 Å². The van der Waals surface area contributed by atoms with Gasteiger partial charge in [-0.2, -0.15) is 9.78 Å². The molecular formula is C21H18N6O4S. The molecule has 0 fully saturated rings. The van der Waals surface area contributed by atoms with Gasteiger partial charge in [0, 0.05) is 29.5 Å². The molecule has 0 saturated heterocycles.